The first-order valence-electron chi connectivity index (χ1n) is 4.65. The molecule has 15 heavy (non-hydrogen) atoms. The summed E-state index contributed by atoms with van der Waals surface area (Å²) in [5.74, 6) is 0.390. The van der Waals surface area contributed by atoms with Crippen LogP contribution in [0.5, 0.6) is 0 Å². The van der Waals surface area contributed by atoms with E-state index in [4.69, 9.17) is 11.6 Å². The van der Waals surface area contributed by atoms with Crippen molar-refractivity contribution < 1.29 is 0 Å². The number of benzene rings is 1. The summed E-state index contributed by atoms with van der Waals surface area (Å²) >= 11 is 5.81. The molecule has 2 rings (SSSR count). The fourth-order valence-electron chi connectivity index (χ4n) is 1.48. The van der Waals surface area contributed by atoms with Gasteiger partial charge < -0.3 is 4.98 Å². The number of hydrogen-bond acceptors (Lipinski definition) is 1. The van der Waals surface area contributed by atoms with Crippen LogP contribution < -0.4 is 5.56 Å². The third-order valence-corrected chi connectivity index (χ3v) is 2.50. The van der Waals surface area contributed by atoms with Crippen LogP contribution in [0, 0.1) is 0 Å². The standard InChI is InChI=1S/C12H10ClNO/c13-8-10-6-7-11(15)14-12(10)9-4-2-1-3-5-9/h1-7H,8H2,(H,14,15). The molecule has 0 aliphatic rings. The lowest BCUT2D eigenvalue weighted by Crippen LogP contribution is -2.06. The van der Waals surface area contributed by atoms with Crippen molar-refractivity contribution >= 4 is 11.6 Å². The third kappa shape index (κ3) is 2.10. The average Bonchev–Trinajstić information content (AvgIpc) is 2.30. The molecule has 0 saturated heterocycles. The molecule has 0 bridgehead atoms. The highest BCUT2D eigenvalue weighted by atomic mass is 35.5. The van der Waals surface area contributed by atoms with Crippen molar-refractivity contribution in [3.8, 4) is 11.3 Å². The van der Waals surface area contributed by atoms with E-state index in [2.05, 4.69) is 4.98 Å². The Bertz CT molecular complexity index is 505. The molecule has 0 saturated carbocycles. The van der Waals surface area contributed by atoms with Crippen molar-refractivity contribution in [3.63, 3.8) is 0 Å². The van der Waals surface area contributed by atoms with Gasteiger partial charge in [0, 0.05) is 11.9 Å². The summed E-state index contributed by atoms with van der Waals surface area (Å²) in [4.78, 5) is 14.0. The Morgan fingerprint density at radius 3 is 2.47 bits per heavy atom. The number of aromatic nitrogens is 1. The number of pyridine rings is 1. The van der Waals surface area contributed by atoms with Gasteiger partial charge in [-0.3, -0.25) is 4.79 Å². The van der Waals surface area contributed by atoms with E-state index in [1.807, 2.05) is 30.3 Å². The van der Waals surface area contributed by atoms with Gasteiger partial charge in [-0.2, -0.15) is 0 Å². The fourth-order valence-corrected chi connectivity index (χ4v) is 1.70. The van der Waals surface area contributed by atoms with Gasteiger partial charge in [0.1, 0.15) is 0 Å². The minimum Gasteiger partial charge on any atom is -0.322 e. The van der Waals surface area contributed by atoms with Gasteiger partial charge in [0.15, 0.2) is 0 Å². The summed E-state index contributed by atoms with van der Waals surface area (Å²) in [7, 11) is 0. The van der Waals surface area contributed by atoms with Crippen LogP contribution in [0.4, 0.5) is 0 Å². The molecule has 1 N–H and O–H groups in total. The number of nitrogens with one attached hydrogen (secondary N) is 1. The minimum atomic E-state index is -0.109. The predicted molar refractivity (Wildman–Crippen MR) is 62.1 cm³/mol. The summed E-state index contributed by atoms with van der Waals surface area (Å²) in [6, 6.07) is 12.9. The van der Waals surface area contributed by atoms with Gasteiger partial charge in [-0.1, -0.05) is 36.4 Å². The maximum Gasteiger partial charge on any atom is 0.248 e. The Hall–Kier alpha value is -1.54. The normalized spacial score (nSPS) is 10.2. The van der Waals surface area contributed by atoms with Crippen LogP contribution in [-0.4, -0.2) is 4.98 Å². The van der Waals surface area contributed by atoms with Crippen molar-refractivity contribution in [3.05, 3.63) is 58.4 Å². The summed E-state index contributed by atoms with van der Waals surface area (Å²) in [6.07, 6.45) is 0. The first-order chi connectivity index (χ1) is 7.31. The summed E-state index contributed by atoms with van der Waals surface area (Å²) < 4.78 is 0. The van der Waals surface area contributed by atoms with E-state index in [1.165, 1.54) is 6.07 Å². The van der Waals surface area contributed by atoms with E-state index >= 15 is 0 Å². The molecule has 1 aromatic carbocycles. The van der Waals surface area contributed by atoms with Gasteiger partial charge in [0.25, 0.3) is 0 Å². The van der Waals surface area contributed by atoms with Crippen LogP contribution in [0.25, 0.3) is 11.3 Å². The lowest BCUT2D eigenvalue weighted by molar-refractivity contribution is 1.19. The average molecular weight is 220 g/mol. The van der Waals surface area contributed by atoms with Crippen molar-refractivity contribution in [1.82, 2.24) is 4.98 Å². The van der Waals surface area contributed by atoms with Crippen LogP contribution in [0.1, 0.15) is 5.56 Å². The van der Waals surface area contributed by atoms with E-state index in [-0.39, 0.29) is 5.56 Å². The van der Waals surface area contributed by atoms with Gasteiger partial charge in [-0.05, 0) is 11.1 Å². The smallest absolute Gasteiger partial charge is 0.248 e. The first kappa shape index (κ1) is 9.99. The van der Waals surface area contributed by atoms with Gasteiger partial charge in [0.05, 0.1) is 5.69 Å². The summed E-state index contributed by atoms with van der Waals surface area (Å²) in [5.41, 5.74) is 2.61. The quantitative estimate of drug-likeness (QED) is 0.775. The van der Waals surface area contributed by atoms with Gasteiger partial charge >= 0.3 is 0 Å². The van der Waals surface area contributed by atoms with Crippen molar-refractivity contribution in [1.29, 1.82) is 0 Å². The Morgan fingerprint density at radius 2 is 1.80 bits per heavy atom. The lowest BCUT2D eigenvalue weighted by atomic mass is 10.1. The second-order valence-corrected chi connectivity index (χ2v) is 3.49. The molecule has 0 aliphatic heterocycles. The highest BCUT2D eigenvalue weighted by Gasteiger charge is 2.04. The van der Waals surface area contributed by atoms with E-state index in [0.717, 1.165) is 16.8 Å². The van der Waals surface area contributed by atoms with Gasteiger partial charge in [0.2, 0.25) is 5.56 Å². The van der Waals surface area contributed by atoms with E-state index in [0.29, 0.717) is 5.88 Å². The van der Waals surface area contributed by atoms with Crippen LogP contribution >= 0.6 is 11.6 Å². The van der Waals surface area contributed by atoms with E-state index in [1.54, 1.807) is 6.07 Å². The molecule has 0 aliphatic carbocycles. The second-order valence-electron chi connectivity index (χ2n) is 3.22. The van der Waals surface area contributed by atoms with Crippen LogP contribution in [0.3, 0.4) is 0 Å². The first-order valence-corrected chi connectivity index (χ1v) is 5.18. The second kappa shape index (κ2) is 4.32. The number of halogens is 1. The molecular formula is C12H10ClNO. The molecule has 1 heterocycles. The van der Waals surface area contributed by atoms with E-state index in [9.17, 15) is 4.79 Å². The topological polar surface area (TPSA) is 32.9 Å². The number of rotatable bonds is 2. The van der Waals surface area contributed by atoms with E-state index < -0.39 is 0 Å². The predicted octanol–water partition coefficient (Wildman–Crippen LogP) is 2.78. The van der Waals surface area contributed by atoms with Crippen LogP contribution in [-0.2, 0) is 5.88 Å². The van der Waals surface area contributed by atoms with Gasteiger partial charge in [-0.15, -0.1) is 11.6 Å². The molecule has 2 nitrogen and oxygen atoms in total. The zero-order chi connectivity index (χ0) is 10.7. The summed E-state index contributed by atoms with van der Waals surface area (Å²) in [5, 5.41) is 0. The Morgan fingerprint density at radius 1 is 1.07 bits per heavy atom. The fraction of sp³-hybridized carbons (Fsp3) is 0.0833. The monoisotopic (exact) mass is 219 g/mol. The van der Waals surface area contributed by atoms with Crippen molar-refractivity contribution in [2.45, 2.75) is 5.88 Å². The zero-order valence-corrected chi connectivity index (χ0v) is 8.79. The molecule has 0 amide bonds. The SMILES string of the molecule is O=c1ccc(CCl)c(-c2ccccc2)[nH]1. The number of alkyl halides is 1. The number of H-pyrrole nitrogens is 1. The molecule has 0 spiro atoms. The number of hydrogen-bond donors (Lipinski definition) is 1. The molecule has 0 radical (unpaired) electrons. The highest BCUT2D eigenvalue weighted by Crippen LogP contribution is 2.20. The largest absolute Gasteiger partial charge is 0.322 e. The van der Waals surface area contributed by atoms with Crippen LogP contribution in [0.15, 0.2) is 47.3 Å². The molecule has 1 aromatic heterocycles. The molecule has 3 heteroatoms. The molecule has 2 aromatic rings. The zero-order valence-electron chi connectivity index (χ0n) is 8.03. The van der Waals surface area contributed by atoms with Crippen molar-refractivity contribution in [2.75, 3.05) is 0 Å². The van der Waals surface area contributed by atoms with Gasteiger partial charge in [-0.25, -0.2) is 0 Å². The molecule has 76 valence electrons. The minimum absolute atomic E-state index is 0.109. The lowest BCUT2D eigenvalue weighted by Gasteiger charge is -2.05. The summed E-state index contributed by atoms with van der Waals surface area (Å²) in [6.45, 7) is 0. The number of aromatic amines is 1. The molecule has 0 fully saturated rings. The Kier molecular flexibility index (Phi) is 2.88. The third-order valence-electron chi connectivity index (χ3n) is 2.21. The highest BCUT2D eigenvalue weighted by molar-refractivity contribution is 6.17. The molecule has 0 unspecified atom stereocenters. The Labute approximate surface area is 92.5 Å². The molecule has 0 atom stereocenters. The maximum atomic E-state index is 11.2. The van der Waals surface area contributed by atoms with Crippen molar-refractivity contribution in [2.24, 2.45) is 0 Å². The Balaban J connectivity index is 2.61. The molecular weight excluding hydrogens is 210 g/mol. The maximum absolute atomic E-state index is 11.2. The van der Waals surface area contributed by atoms with Crippen LogP contribution in [0.2, 0.25) is 0 Å².